The fraction of sp³-hybridized carbons (Fsp3) is 0.231. The minimum Gasteiger partial charge on any atom is -0.305 e. The summed E-state index contributed by atoms with van der Waals surface area (Å²) in [4.78, 5) is 8.06. The lowest BCUT2D eigenvalue weighted by Crippen LogP contribution is -2.19. The van der Waals surface area contributed by atoms with Gasteiger partial charge in [0, 0.05) is 25.0 Å². The Morgan fingerprint density at radius 1 is 1.35 bits per heavy atom. The van der Waals surface area contributed by atoms with E-state index in [1.807, 2.05) is 25.1 Å². The summed E-state index contributed by atoms with van der Waals surface area (Å²) in [5.41, 5.74) is 1.80. The third kappa shape index (κ3) is 3.32. The summed E-state index contributed by atoms with van der Waals surface area (Å²) in [5.74, 6) is -0.310. The zero-order valence-electron chi connectivity index (χ0n) is 9.60. The molecule has 1 N–H and O–H groups in total. The van der Waals surface area contributed by atoms with E-state index in [1.165, 1.54) is 12.3 Å². The number of hydrogen-bond donors (Lipinski definition) is 1. The molecule has 0 saturated carbocycles. The average Bonchev–Trinajstić information content (AvgIpc) is 2.37. The summed E-state index contributed by atoms with van der Waals surface area (Å²) in [7, 11) is 0. The molecule has 4 heteroatoms. The van der Waals surface area contributed by atoms with Crippen LogP contribution in [0.4, 0.5) is 4.39 Å². The Morgan fingerprint density at radius 3 is 2.94 bits per heavy atom. The van der Waals surface area contributed by atoms with E-state index in [0.29, 0.717) is 6.54 Å². The van der Waals surface area contributed by atoms with Crippen molar-refractivity contribution < 1.29 is 4.39 Å². The van der Waals surface area contributed by atoms with Crippen molar-refractivity contribution in [2.45, 2.75) is 19.5 Å². The molecular formula is C13H14FN3. The Labute approximate surface area is 99.7 Å². The molecule has 2 aromatic rings. The van der Waals surface area contributed by atoms with Crippen LogP contribution in [-0.4, -0.2) is 9.97 Å². The van der Waals surface area contributed by atoms with Crippen LogP contribution in [0.5, 0.6) is 0 Å². The number of halogens is 1. The lowest BCUT2D eigenvalue weighted by atomic mass is 10.2. The molecule has 0 aliphatic carbocycles. The molecule has 0 spiro atoms. The number of nitrogens with zero attached hydrogens (tertiary/aromatic N) is 2. The first-order chi connectivity index (χ1) is 8.25. The third-order valence-corrected chi connectivity index (χ3v) is 2.51. The molecule has 2 rings (SSSR count). The maximum Gasteiger partial charge on any atom is 0.141 e. The number of aromatic nitrogens is 2. The van der Waals surface area contributed by atoms with Crippen LogP contribution in [0.1, 0.15) is 24.2 Å². The fourth-order valence-electron chi connectivity index (χ4n) is 1.56. The first-order valence-corrected chi connectivity index (χ1v) is 5.49. The summed E-state index contributed by atoms with van der Waals surface area (Å²) in [6, 6.07) is 7.39. The Kier molecular flexibility index (Phi) is 3.77. The molecule has 0 aliphatic heterocycles. The number of rotatable bonds is 4. The van der Waals surface area contributed by atoms with E-state index in [4.69, 9.17) is 0 Å². The molecular weight excluding hydrogens is 217 g/mol. The van der Waals surface area contributed by atoms with E-state index in [9.17, 15) is 4.39 Å². The van der Waals surface area contributed by atoms with Gasteiger partial charge in [0.25, 0.3) is 0 Å². The van der Waals surface area contributed by atoms with Gasteiger partial charge in [-0.25, -0.2) is 4.39 Å². The Bertz CT molecular complexity index is 473. The number of hydrogen-bond acceptors (Lipinski definition) is 3. The van der Waals surface area contributed by atoms with Crippen molar-refractivity contribution in [2.24, 2.45) is 0 Å². The largest absolute Gasteiger partial charge is 0.305 e. The first-order valence-electron chi connectivity index (χ1n) is 5.49. The second-order valence-corrected chi connectivity index (χ2v) is 3.87. The van der Waals surface area contributed by atoms with E-state index in [0.717, 1.165) is 11.3 Å². The lowest BCUT2D eigenvalue weighted by molar-refractivity contribution is 0.555. The third-order valence-electron chi connectivity index (χ3n) is 2.51. The fourth-order valence-corrected chi connectivity index (χ4v) is 1.56. The minimum atomic E-state index is -0.310. The van der Waals surface area contributed by atoms with Gasteiger partial charge in [0.2, 0.25) is 0 Å². The van der Waals surface area contributed by atoms with Crippen molar-refractivity contribution in [2.75, 3.05) is 0 Å². The molecule has 88 valence electrons. The van der Waals surface area contributed by atoms with Gasteiger partial charge >= 0.3 is 0 Å². The van der Waals surface area contributed by atoms with Crippen molar-refractivity contribution >= 4 is 0 Å². The molecule has 0 aromatic carbocycles. The van der Waals surface area contributed by atoms with Gasteiger partial charge in [-0.15, -0.1) is 0 Å². The monoisotopic (exact) mass is 231 g/mol. The summed E-state index contributed by atoms with van der Waals surface area (Å²) in [5, 5.41) is 3.27. The highest BCUT2D eigenvalue weighted by Gasteiger charge is 2.05. The standard InChI is InChI=1S/C13H14FN3/c1-10(13-4-2-3-5-16-13)17-8-11-6-12(14)9-15-7-11/h2-7,9-10,17H,8H2,1H3/t10-/m0/s1. The van der Waals surface area contributed by atoms with Crippen LogP contribution < -0.4 is 5.32 Å². The van der Waals surface area contributed by atoms with Gasteiger partial charge in [-0.2, -0.15) is 0 Å². The zero-order valence-corrected chi connectivity index (χ0v) is 9.60. The molecule has 2 heterocycles. The van der Waals surface area contributed by atoms with Crippen molar-refractivity contribution in [3.05, 3.63) is 59.9 Å². The Balaban J connectivity index is 1.95. The number of pyridine rings is 2. The van der Waals surface area contributed by atoms with Gasteiger partial charge in [0.1, 0.15) is 5.82 Å². The maximum atomic E-state index is 12.9. The SMILES string of the molecule is C[C@H](NCc1cncc(F)c1)c1ccccn1. The van der Waals surface area contributed by atoms with Crippen LogP contribution >= 0.6 is 0 Å². The van der Waals surface area contributed by atoms with E-state index in [-0.39, 0.29) is 11.9 Å². The summed E-state index contributed by atoms with van der Waals surface area (Å²) >= 11 is 0. The van der Waals surface area contributed by atoms with Gasteiger partial charge in [0.15, 0.2) is 0 Å². The van der Waals surface area contributed by atoms with Crippen molar-refractivity contribution in [3.63, 3.8) is 0 Å². The second-order valence-electron chi connectivity index (χ2n) is 3.87. The predicted octanol–water partition coefficient (Wildman–Crippen LogP) is 2.47. The molecule has 0 amide bonds. The second kappa shape index (κ2) is 5.50. The smallest absolute Gasteiger partial charge is 0.141 e. The normalized spacial score (nSPS) is 12.4. The van der Waals surface area contributed by atoms with Crippen LogP contribution in [0.15, 0.2) is 42.9 Å². The molecule has 17 heavy (non-hydrogen) atoms. The Morgan fingerprint density at radius 2 is 2.24 bits per heavy atom. The first kappa shape index (κ1) is 11.7. The van der Waals surface area contributed by atoms with Crippen LogP contribution in [0.25, 0.3) is 0 Å². The predicted molar refractivity (Wildman–Crippen MR) is 63.7 cm³/mol. The highest BCUT2D eigenvalue weighted by molar-refractivity contribution is 5.12. The van der Waals surface area contributed by atoms with Gasteiger partial charge in [0.05, 0.1) is 11.9 Å². The molecule has 0 radical (unpaired) electrons. The molecule has 0 fully saturated rings. The molecule has 2 aromatic heterocycles. The summed E-state index contributed by atoms with van der Waals surface area (Å²) in [6.07, 6.45) is 4.62. The maximum absolute atomic E-state index is 12.9. The van der Waals surface area contributed by atoms with Crippen LogP contribution in [0, 0.1) is 5.82 Å². The molecule has 0 unspecified atom stereocenters. The number of nitrogens with one attached hydrogen (secondary N) is 1. The summed E-state index contributed by atoms with van der Waals surface area (Å²) < 4.78 is 12.9. The molecule has 1 atom stereocenters. The van der Waals surface area contributed by atoms with Gasteiger partial charge in [-0.1, -0.05) is 6.07 Å². The topological polar surface area (TPSA) is 37.8 Å². The van der Waals surface area contributed by atoms with Gasteiger partial charge in [-0.05, 0) is 30.7 Å². The molecule has 0 bridgehead atoms. The van der Waals surface area contributed by atoms with Gasteiger partial charge < -0.3 is 5.32 Å². The highest BCUT2D eigenvalue weighted by Crippen LogP contribution is 2.09. The quantitative estimate of drug-likeness (QED) is 0.878. The molecule has 0 saturated heterocycles. The van der Waals surface area contributed by atoms with Crippen LogP contribution in [-0.2, 0) is 6.54 Å². The molecule has 0 aliphatic rings. The minimum absolute atomic E-state index is 0.125. The molecule has 3 nitrogen and oxygen atoms in total. The van der Waals surface area contributed by atoms with E-state index in [2.05, 4.69) is 15.3 Å². The lowest BCUT2D eigenvalue weighted by Gasteiger charge is -2.12. The van der Waals surface area contributed by atoms with Crippen molar-refractivity contribution in [1.82, 2.24) is 15.3 Å². The average molecular weight is 231 g/mol. The van der Waals surface area contributed by atoms with Gasteiger partial charge in [-0.3, -0.25) is 9.97 Å². The van der Waals surface area contributed by atoms with Crippen LogP contribution in [0.2, 0.25) is 0 Å². The van der Waals surface area contributed by atoms with Crippen molar-refractivity contribution in [1.29, 1.82) is 0 Å². The zero-order chi connectivity index (χ0) is 12.1. The van der Waals surface area contributed by atoms with E-state index < -0.39 is 0 Å². The van der Waals surface area contributed by atoms with Crippen LogP contribution in [0.3, 0.4) is 0 Å². The van der Waals surface area contributed by atoms with E-state index >= 15 is 0 Å². The van der Waals surface area contributed by atoms with E-state index in [1.54, 1.807) is 12.4 Å². The highest BCUT2D eigenvalue weighted by atomic mass is 19.1. The summed E-state index contributed by atoms with van der Waals surface area (Å²) in [6.45, 7) is 2.59. The Hall–Kier alpha value is -1.81. The van der Waals surface area contributed by atoms with Crippen molar-refractivity contribution in [3.8, 4) is 0 Å².